The second kappa shape index (κ2) is 6.91. The Morgan fingerprint density at radius 2 is 2.21 bits per heavy atom. The van der Waals surface area contributed by atoms with Gasteiger partial charge in [0.25, 0.3) is 0 Å². The highest BCUT2D eigenvalue weighted by molar-refractivity contribution is 7.19. The summed E-state index contributed by atoms with van der Waals surface area (Å²) < 4.78 is 6.39. The summed E-state index contributed by atoms with van der Waals surface area (Å²) in [5.41, 5.74) is 1.95. The fraction of sp³-hybridized carbons (Fsp3) is 0.111. The van der Waals surface area contributed by atoms with Gasteiger partial charge in [0.05, 0.1) is 27.4 Å². The van der Waals surface area contributed by atoms with E-state index in [1.54, 1.807) is 18.2 Å². The molecule has 0 fully saturated rings. The van der Waals surface area contributed by atoms with Crippen LogP contribution in [-0.2, 0) is 0 Å². The van der Waals surface area contributed by atoms with Crippen molar-refractivity contribution < 1.29 is 9.84 Å². The Morgan fingerprint density at radius 3 is 2.92 bits per heavy atom. The molecule has 120 valence electrons. The molecule has 0 saturated heterocycles. The van der Waals surface area contributed by atoms with Crippen molar-refractivity contribution in [2.45, 2.75) is 6.92 Å². The average Bonchev–Trinajstić information content (AvgIpc) is 3.01. The Morgan fingerprint density at radius 1 is 1.42 bits per heavy atom. The number of phenolic OH excluding ortho intramolecular Hbond substituents is 1. The van der Waals surface area contributed by atoms with Gasteiger partial charge in [-0.25, -0.2) is 4.98 Å². The first-order valence-corrected chi connectivity index (χ1v) is 8.45. The lowest BCUT2D eigenvalue weighted by Crippen LogP contribution is -1.93. The molecule has 3 aromatic rings. The van der Waals surface area contributed by atoms with E-state index in [0.717, 1.165) is 10.2 Å². The van der Waals surface area contributed by atoms with Gasteiger partial charge in [-0.05, 0) is 42.8 Å². The molecule has 1 heterocycles. The van der Waals surface area contributed by atoms with E-state index in [4.69, 9.17) is 16.3 Å². The van der Waals surface area contributed by atoms with Crippen LogP contribution in [0.25, 0.3) is 21.9 Å². The largest absolute Gasteiger partial charge is 0.503 e. The van der Waals surface area contributed by atoms with E-state index in [1.807, 2.05) is 31.2 Å². The van der Waals surface area contributed by atoms with E-state index in [9.17, 15) is 10.4 Å². The molecule has 0 atom stereocenters. The summed E-state index contributed by atoms with van der Waals surface area (Å²) in [6.07, 6.45) is 1.69. The van der Waals surface area contributed by atoms with E-state index in [1.165, 1.54) is 11.3 Å². The number of aromatic hydroxyl groups is 1. The molecule has 0 unspecified atom stereocenters. The number of ether oxygens (including phenoxy) is 1. The van der Waals surface area contributed by atoms with E-state index in [2.05, 4.69) is 11.1 Å². The molecule has 0 radical (unpaired) electrons. The lowest BCUT2D eigenvalue weighted by Gasteiger charge is -2.08. The predicted molar refractivity (Wildman–Crippen MR) is 97.4 cm³/mol. The smallest absolute Gasteiger partial charge is 0.176 e. The molecule has 0 bridgehead atoms. The second-order valence-electron chi connectivity index (χ2n) is 4.94. The third kappa shape index (κ3) is 3.21. The molecule has 0 aliphatic rings. The molecule has 0 aliphatic heterocycles. The molecular formula is C18H13ClN2O2S. The monoisotopic (exact) mass is 356 g/mol. The van der Waals surface area contributed by atoms with E-state index >= 15 is 0 Å². The summed E-state index contributed by atoms with van der Waals surface area (Å²) in [6, 6.07) is 13.1. The van der Waals surface area contributed by atoms with Crippen LogP contribution in [0, 0.1) is 11.3 Å². The lowest BCUT2D eigenvalue weighted by atomic mass is 10.1. The minimum Gasteiger partial charge on any atom is -0.503 e. The molecule has 1 N–H and O–H groups in total. The van der Waals surface area contributed by atoms with Crippen LogP contribution in [0.2, 0.25) is 5.02 Å². The fourth-order valence-corrected chi connectivity index (χ4v) is 3.39. The van der Waals surface area contributed by atoms with Gasteiger partial charge in [0, 0.05) is 0 Å². The standard InChI is InChI=1S/C18H13ClN2O2S/c1-2-23-15-9-11(8-13(19)17(15)22)7-12(10-20)18-21-14-5-3-4-6-16(14)24-18/h3-9,22H,2H2,1H3/b12-7-. The molecule has 1 aromatic heterocycles. The van der Waals surface area contributed by atoms with Crippen molar-refractivity contribution in [1.82, 2.24) is 4.98 Å². The number of hydrogen-bond donors (Lipinski definition) is 1. The number of halogens is 1. The van der Waals surface area contributed by atoms with Crippen LogP contribution >= 0.6 is 22.9 Å². The topological polar surface area (TPSA) is 66.1 Å². The van der Waals surface area contributed by atoms with Gasteiger partial charge in [-0.15, -0.1) is 11.3 Å². The van der Waals surface area contributed by atoms with Crippen molar-refractivity contribution in [3.05, 3.63) is 52.0 Å². The Labute approximate surface area is 148 Å². The first-order chi connectivity index (χ1) is 11.6. The van der Waals surface area contributed by atoms with Crippen LogP contribution < -0.4 is 4.74 Å². The Balaban J connectivity index is 2.06. The zero-order valence-corrected chi connectivity index (χ0v) is 14.4. The number of benzene rings is 2. The zero-order valence-electron chi connectivity index (χ0n) is 12.8. The summed E-state index contributed by atoms with van der Waals surface area (Å²) >= 11 is 7.49. The van der Waals surface area contributed by atoms with Crippen molar-refractivity contribution in [2.24, 2.45) is 0 Å². The number of aromatic nitrogens is 1. The third-order valence-electron chi connectivity index (χ3n) is 3.31. The molecule has 0 spiro atoms. The number of phenols is 1. The lowest BCUT2D eigenvalue weighted by molar-refractivity contribution is 0.318. The molecular weight excluding hydrogens is 344 g/mol. The van der Waals surface area contributed by atoms with Gasteiger partial charge in [0.2, 0.25) is 0 Å². The highest BCUT2D eigenvalue weighted by Gasteiger charge is 2.12. The minimum atomic E-state index is -0.103. The number of hydrogen-bond acceptors (Lipinski definition) is 5. The number of rotatable bonds is 4. The number of allylic oxidation sites excluding steroid dienone is 1. The van der Waals surface area contributed by atoms with Crippen molar-refractivity contribution >= 4 is 44.8 Å². The molecule has 6 heteroatoms. The Hall–Kier alpha value is -2.55. The van der Waals surface area contributed by atoms with E-state index < -0.39 is 0 Å². The van der Waals surface area contributed by atoms with Crippen LogP contribution in [0.4, 0.5) is 0 Å². The molecule has 3 rings (SSSR count). The summed E-state index contributed by atoms with van der Waals surface area (Å²) in [7, 11) is 0. The van der Waals surface area contributed by atoms with Crippen LogP contribution in [-0.4, -0.2) is 16.7 Å². The van der Waals surface area contributed by atoms with E-state index in [0.29, 0.717) is 22.8 Å². The third-order valence-corrected chi connectivity index (χ3v) is 4.66. The maximum Gasteiger partial charge on any atom is 0.176 e. The van der Waals surface area contributed by atoms with Crippen LogP contribution in [0.5, 0.6) is 11.5 Å². The first-order valence-electron chi connectivity index (χ1n) is 7.25. The van der Waals surface area contributed by atoms with E-state index in [-0.39, 0.29) is 16.5 Å². The molecule has 0 aliphatic carbocycles. The van der Waals surface area contributed by atoms with Crippen molar-refractivity contribution in [1.29, 1.82) is 5.26 Å². The second-order valence-corrected chi connectivity index (χ2v) is 6.38. The van der Waals surface area contributed by atoms with Crippen molar-refractivity contribution in [3.63, 3.8) is 0 Å². The van der Waals surface area contributed by atoms with Crippen LogP contribution in [0.1, 0.15) is 17.5 Å². The van der Waals surface area contributed by atoms with Gasteiger partial charge in [-0.1, -0.05) is 23.7 Å². The minimum absolute atomic E-state index is 0.103. The van der Waals surface area contributed by atoms with Crippen molar-refractivity contribution in [2.75, 3.05) is 6.61 Å². The molecule has 0 amide bonds. The Bertz CT molecular complexity index is 940. The maximum atomic E-state index is 9.90. The molecule has 2 aromatic carbocycles. The van der Waals surface area contributed by atoms with Gasteiger partial charge in [-0.2, -0.15) is 5.26 Å². The van der Waals surface area contributed by atoms with Gasteiger partial charge in [-0.3, -0.25) is 0 Å². The normalized spacial score (nSPS) is 11.5. The van der Waals surface area contributed by atoms with Gasteiger partial charge in [0.1, 0.15) is 11.1 Å². The fourth-order valence-electron chi connectivity index (χ4n) is 2.24. The summed E-state index contributed by atoms with van der Waals surface area (Å²) in [6.45, 7) is 2.22. The number of thiazole rings is 1. The number of para-hydroxylation sites is 1. The highest BCUT2D eigenvalue weighted by atomic mass is 35.5. The number of nitrogens with zero attached hydrogens (tertiary/aromatic N) is 2. The SMILES string of the molecule is CCOc1cc(/C=C(/C#N)c2nc3ccccc3s2)cc(Cl)c1O. The molecule has 4 nitrogen and oxygen atoms in total. The van der Waals surface area contributed by atoms with Crippen LogP contribution in [0.15, 0.2) is 36.4 Å². The summed E-state index contributed by atoms with van der Waals surface area (Å²) in [4.78, 5) is 4.49. The number of nitriles is 1. The highest BCUT2D eigenvalue weighted by Crippen LogP contribution is 2.36. The van der Waals surface area contributed by atoms with Gasteiger partial charge >= 0.3 is 0 Å². The Kier molecular flexibility index (Phi) is 4.70. The summed E-state index contributed by atoms with van der Waals surface area (Å²) in [5.74, 6) is 0.187. The number of fused-ring (bicyclic) bond motifs is 1. The molecule has 24 heavy (non-hydrogen) atoms. The first kappa shape index (κ1) is 16.3. The van der Waals surface area contributed by atoms with Gasteiger partial charge < -0.3 is 9.84 Å². The van der Waals surface area contributed by atoms with Crippen LogP contribution in [0.3, 0.4) is 0 Å². The average molecular weight is 357 g/mol. The quantitative estimate of drug-likeness (QED) is 0.659. The predicted octanol–water partition coefficient (Wildman–Crippen LogP) is 5.12. The summed E-state index contributed by atoms with van der Waals surface area (Å²) in [5, 5.41) is 20.2. The van der Waals surface area contributed by atoms with Crippen molar-refractivity contribution in [3.8, 4) is 17.6 Å². The zero-order chi connectivity index (χ0) is 17.1. The van der Waals surface area contributed by atoms with Gasteiger partial charge in [0.15, 0.2) is 11.5 Å². The molecule has 0 saturated carbocycles. The maximum absolute atomic E-state index is 9.90.